The summed E-state index contributed by atoms with van der Waals surface area (Å²) in [6.07, 6.45) is 38.6. The Kier molecular flexibility index (Phi) is 33.0. The van der Waals surface area contributed by atoms with E-state index in [1.165, 1.54) is 64.2 Å². The molecule has 0 unspecified atom stereocenters. The van der Waals surface area contributed by atoms with Crippen LogP contribution in [0.5, 0.6) is 0 Å². The SMILES string of the molecule is CCCCCC(=O)/C=C/C=C\C/C=C\C/C=C\CCCC(=O)OC[C@@H](O)COC(=O)CCCCCCCCCCCCCCC(C)C. The number of hydrogen-bond acceptors (Lipinski definition) is 6. The summed E-state index contributed by atoms with van der Waals surface area (Å²) in [6.45, 7) is 6.42. The zero-order valence-electron chi connectivity index (χ0n) is 30.4. The number of aliphatic hydroxyl groups is 1. The van der Waals surface area contributed by atoms with Gasteiger partial charge in [-0.1, -0.05) is 153 Å². The van der Waals surface area contributed by atoms with Crippen molar-refractivity contribution in [2.45, 2.75) is 175 Å². The zero-order valence-corrected chi connectivity index (χ0v) is 30.4. The smallest absolute Gasteiger partial charge is 0.305 e. The maximum absolute atomic E-state index is 11.9. The first-order valence-corrected chi connectivity index (χ1v) is 19.0. The molecule has 6 heteroatoms. The van der Waals surface area contributed by atoms with Crippen LogP contribution in [-0.2, 0) is 23.9 Å². The summed E-state index contributed by atoms with van der Waals surface area (Å²) in [5, 5.41) is 9.99. The summed E-state index contributed by atoms with van der Waals surface area (Å²) in [6, 6.07) is 0. The van der Waals surface area contributed by atoms with Gasteiger partial charge in [-0.2, -0.15) is 0 Å². The van der Waals surface area contributed by atoms with E-state index in [-0.39, 0.29) is 37.4 Å². The largest absolute Gasteiger partial charge is 0.463 e. The van der Waals surface area contributed by atoms with E-state index >= 15 is 0 Å². The molecular weight excluding hydrogens is 588 g/mol. The molecule has 0 aromatic rings. The average molecular weight is 659 g/mol. The minimum atomic E-state index is -1.00. The second kappa shape index (κ2) is 34.9. The summed E-state index contributed by atoms with van der Waals surface area (Å²) in [7, 11) is 0. The Morgan fingerprint density at radius 3 is 1.64 bits per heavy atom. The van der Waals surface area contributed by atoms with Crippen molar-refractivity contribution in [2.75, 3.05) is 13.2 Å². The fraction of sp³-hybridized carbons (Fsp3) is 0.732. The first kappa shape index (κ1) is 44.5. The number of hydrogen-bond donors (Lipinski definition) is 1. The van der Waals surface area contributed by atoms with Gasteiger partial charge in [0.1, 0.15) is 19.3 Å². The highest BCUT2D eigenvalue weighted by Crippen LogP contribution is 2.14. The molecule has 0 aliphatic carbocycles. The van der Waals surface area contributed by atoms with Gasteiger partial charge in [0.05, 0.1) is 0 Å². The van der Waals surface area contributed by atoms with Crippen LogP contribution < -0.4 is 0 Å². The van der Waals surface area contributed by atoms with Crippen molar-refractivity contribution in [3.8, 4) is 0 Å². The lowest BCUT2D eigenvalue weighted by Gasteiger charge is -2.12. The van der Waals surface area contributed by atoms with Gasteiger partial charge >= 0.3 is 11.9 Å². The highest BCUT2D eigenvalue weighted by molar-refractivity contribution is 5.89. The molecule has 0 radical (unpaired) electrons. The summed E-state index contributed by atoms with van der Waals surface area (Å²) >= 11 is 0. The van der Waals surface area contributed by atoms with Crippen LogP contribution in [0.4, 0.5) is 0 Å². The van der Waals surface area contributed by atoms with Gasteiger partial charge in [0.2, 0.25) is 0 Å². The van der Waals surface area contributed by atoms with Crippen molar-refractivity contribution in [1.82, 2.24) is 0 Å². The number of aliphatic hydroxyl groups excluding tert-OH is 1. The normalized spacial score (nSPS) is 12.7. The molecule has 47 heavy (non-hydrogen) atoms. The lowest BCUT2D eigenvalue weighted by molar-refractivity contribution is -0.152. The van der Waals surface area contributed by atoms with E-state index in [9.17, 15) is 19.5 Å². The summed E-state index contributed by atoms with van der Waals surface area (Å²) in [5.74, 6) is 0.359. The van der Waals surface area contributed by atoms with Crippen LogP contribution >= 0.6 is 0 Å². The molecule has 0 spiro atoms. The lowest BCUT2D eigenvalue weighted by Crippen LogP contribution is -2.25. The zero-order chi connectivity index (χ0) is 34.6. The van der Waals surface area contributed by atoms with Crippen LogP contribution in [0.15, 0.2) is 48.6 Å². The van der Waals surface area contributed by atoms with Gasteiger partial charge in [0.25, 0.3) is 0 Å². The topological polar surface area (TPSA) is 89.9 Å². The molecule has 1 N–H and O–H groups in total. The molecule has 270 valence electrons. The fourth-order valence-electron chi connectivity index (χ4n) is 5.04. The van der Waals surface area contributed by atoms with Crippen molar-refractivity contribution < 1.29 is 29.0 Å². The van der Waals surface area contributed by atoms with Crippen LogP contribution in [0, 0.1) is 5.92 Å². The molecule has 6 nitrogen and oxygen atoms in total. The number of esters is 2. The quantitative estimate of drug-likeness (QED) is 0.0248. The molecule has 0 saturated heterocycles. The highest BCUT2D eigenvalue weighted by Gasteiger charge is 2.12. The number of unbranched alkanes of at least 4 members (excludes halogenated alkanes) is 14. The first-order chi connectivity index (χ1) is 22.8. The van der Waals surface area contributed by atoms with Gasteiger partial charge in [-0.15, -0.1) is 0 Å². The predicted octanol–water partition coefficient (Wildman–Crippen LogP) is 10.9. The molecule has 0 aliphatic heterocycles. The van der Waals surface area contributed by atoms with Crippen LogP contribution in [-0.4, -0.2) is 42.1 Å². The van der Waals surface area contributed by atoms with E-state index < -0.39 is 6.10 Å². The van der Waals surface area contributed by atoms with E-state index in [0.717, 1.165) is 63.7 Å². The van der Waals surface area contributed by atoms with Crippen molar-refractivity contribution in [3.05, 3.63) is 48.6 Å². The number of carbonyl (C=O) groups is 3. The van der Waals surface area contributed by atoms with Crippen molar-refractivity contribution in [3.63, 3.8) is 0 Å². The molecule has 0 aromatic carbocycles. The Bertz CT molecular complexity index is 869. The molecule has 0 aliphatic rings. The van der Waals surface area contributed by atoms with Gasteiger partial charge < -0.3 is 14.6 Å². The van der Waals surface area contributed by atoms with E-state index in [2.05, 4.69) is 39.0 Å². The summed E-state index contributed by atoms with van der Waals surface area (Å²) < 4.78 is 10.3. The second-order valence-electron chi connectivity index (χ2n) is 13.2. The Labute approximate surface area is 288 Å². The van der Waals surface area contributed by atoms with E-state index in [0.29, 0.717) is 19.3 Å². The van der Waals surface area contributed by atoms with E-state index in [1.54, 1.807) is 6.08 Å². The predicted molar refractivity (Wildman–Crippen MR) is 196 cm³/mol. The lowest BCUT2D eigenvalue weighted by atomic mass is 10.0. The monoisotopic (exact) mass is 659 g/mol. The average Bonchev–Trinajstić information content (AvgIpc) is 3.05. The molecule has 1 atom stereocenters. The number of allylic oxidation sites excluding steroid dienone is 8. The van der Waals surface area contributed by atoms with Gasteiger partial charge in [0, 0.05) is 19.3 Å². The molecule has 0 aromatic heterocycles. The van der Waals surface area contributed by atoms with Gasteiger partial charge in [0.15, 0.2) is 5.78 Å². The maximum atomic E-state index is 11.9. The minimum Gasteiger partial charge on any atom is -0.463 e. The number of ether oxygens (including phenoxy) is 2. The van der Waals surface area contributed by atoms with Crippen LogP contribution in [0.25, 0.3) is 0 Å². The Balaban J connectivity index is 3.59. The third-order valence-electron chi connectivity index (χ3n) is 7.97. The molecular formula is C41H70O6. The molecule has 0 rings (SSSR count). The molecule has 0 amide bonds. The first-order valence-electron chi connectivity index (χ1n) is 19.0. The van der Waals surface area contributed by atoms with Crippen molar-refractivity contribution in [1.29, 1.82) is 0 Å². The van der Waals surface area contributed by atoms with Crippen LogP contribution in [0.2, 0.25) is 0 Å². The summed E-state index contributed by atoms with van der Waals surface area (Å²) in [5.41, 5.74) is 0. The second-order valence-corrected chi connectivity index (χ2v) is 13.2. The molecule has 0 bridgehead atoms. The van der Waals surface area contributed by atoms with Gasteiger partial charge in [-0.3, -0.25) is 14.4 Å². The highest BCUT2D eigenvalue weighted by atomic mass is 16.6. The Morgan fingerprint density at radius 1 is 0.574 bits per heavy atom. The maximum Gasteiger partial charge on any atom is 0.305 e. The standard InChI is InChI=1S/C41H70O6/c1-4-5-25-31-38(42)32-27-22-18-14-10-8-12-16-20-24-29-34-41(45)47-36-39(43)35-46-40(44)33-28-23-19-15-11-7-6-9-13-17-21-26-30-37(2)3/h8,10,16,18,20,22,27,32,37,39,43H,4-7,9,11-15,17,19,21,23-26,28-31,33-36H2,1-3H3/b10-8-,20-16-,22-18-,32-27+/t39-/m0/s1. The van der Waals surface area contributed by atoms with Crippen molar-refractivity contribution in [2.24, 2.45) is 5.92 Å². The fourth-order valence-corrected chi connectivity index (χ4v) is 5.04. The van der Waals surface area contributed by atoms with E-state index in [1.807, 2.05) is 24.3 Å². The van der Waals surface area contributed by atoms with Gasteiger partial charge in [-0.05, 0) is 50.5 Å². The number of carbonyl (C=O) groups excluding carboxylic acids is 3. The third-order valence-corrected chi connectivity index (χ3v) is 7.97. The molecule has 0 saturated carbocycles. The molecule has 0 fully saturated rings. The van der Waals surface area contributed by atoms with Crippen LogP contribution in [0.3, 0.4) is 0 Å². The number of rotatable bonds is 33. The van der Waals surface area contributed by atoms with Crippen molar-refractivity contribution >= 4 is 17.7 Å². The third kappa shape index (κ3) is 36.2. The van der Waals surface area contributed by atoms with E-state index in [4.69, 9.17) is 9.47 Å². The number of ketones is 1. The molecule has 0 heterocycles. The van der Waals surface area contributed by atoms with Gasteiger partial charge in [-0.25, -0.2) is 0 Å². The summed E-state index contributed by atoms with van der Waals surface area (Å²) in [4.78, 5) is 35.5. The Hall–Kier alpha value is -2.47. The van der Waals surface area contributed by atoms with Crippen LogP contribution in [0.1, 0.15) is 168 Å². The minimum absolute atomic E-state index is 0.147. The Morgan fingerprint density at radius 2 is 1.06 bits per heavy atom.